The Morgan fingerprint density at radius 2 is 2.50 bits per heavy atom. The third-order valence-electron chi connectivity index (χ3n) is 2.35. The lowest BCUT2D eigenvalue weighted by atomic mass is 10.2. The fraction of sp³-hybridized carbons (Fsp3) is 0.600. The van der Waals surface area contributed by atoms with Crippen LogP contribution in [0.1, 0.15) is 20.3 Å². The molecule has 0 saturated carbocycles. The van der Waals surface area contributed by atoms with Gasteiger partial charge in [0.25, 0.3) is 0 Å². The zero-order chi connectivity index (χ0) is 10.4. The molecule has 0 aromatic heterocycles. The number of rotatable bonds is 2. The molecule has 1 unspecified atom stereocenters. The van der Waals surface area contributed by atoms with E-state index in [1.807, 2.05) is 0 Å². The summed E-state index contributed by atoms with van der Waals surface area (Å²) >= 11 is 0. The molecule has 4 nitrogen and oxygen atoms in total. The normalized spacial score (nSPS) is 21.9. The van der Waals surface area contributed by atoms with E-state index in [0.717, 1.165) is 13.0 Å². The first-order chi connectivity index (χ1) is 6.74. The molecule has 4 heteroatoms. The van der Waals surface area contributed by atoms with Gasteiger partial charge < -0.3 is 10.2 Å². The molecule has 1 aliphatic rings. The number of nitrogens with one attached hydrogen (secondary N) is 1. The SMILES string of the molecule is CCC(C)N1C=N/C=C\C(=O)NCC1. The Morgan fingerprint density at radius 1 is 1.71 bits per heavy atom. The average Bonchev–Trinajstić information content (AvgIpc) is 2.29. The van der Waals surface area contributed by atoms with Crippen molar-refractivity contribution in [1.82, 2.24) is 10.2 Å². The Kier molecular flexibility index (Phi) is 4.16. The summed E-state index contributed by atoms with van der Waals surface area (Å²) in [5.41, 5.74) is 0. The second-order valence-corrected chi connectivity index (χ2v) is 3.37. The van der Waals surface area contributed by atoms with Crippen LogP contribution in [0, 0.1) is 0 Å². The van der Waals surface area contributed by atoms with Gasteiger partial charge in [-0.3, -0.25) is 4.79 Å². The van der Waals surface area contributed by atoms with Crippen LogP contribution in [0.3, 0.4) is 0 Å². The molecule has 1 atom stereocenters. The van der Waals surface area contributed by atoms with Crippen LogP contribution in [-0.2, 0) is 4.79 Å². The summed E-state index contributed by atoms with van der Waals surface area (Å²) in [7, 11) is 0. The molecule has 0 saturated heterocycles. The Hall–Kier alpha value is -1.32. The van der Waals surface area contributed by atoms with Crippen LogP contribution in [0.4, 0.5) is 0 Å². The van der Waals surface area contributed by atoms with Crippen molar-refractivity contribution in [3.05, 3.63) is 12.3 Å². The number of hydrogen-bond donors (Lipinski definition) is 1. The van der Waals surface area contributed by atoms with Crippen LogP contribution < -0.4 is 5.32 Å². The van der Waals surface area contributed by atoms with E-state index in [2.05, 4.69) is 29.1 Å². The lowest BCUT2D eigenvalue weighted by Crippen LogP contribution is -2.37. The van der Waals surface area contributed by atoms with E-state index < -0.39 is 0 Å². The lowest BCUT2D eigenvalue weighted by molar-refractivity contribution is -0.116. The summed E-state index contributed by atoms with van der Waals surface area (Å²) < 4.78 is 0. The smallest absolute Gasteiger partial charge is 0.245 e. The van der Waals surface area contributed by atoms with E-state index in [-0.39, 0.29) is 5.91 Å². The summed E-state index contributed by atoms with van der Waals surface area (Å²) in [4.78, 5) is 17.2. The Bertz CT molecular complexity index is 248. The molecular weight excluding hydrogens is 178 g/mol. The minimum Gasteiger partial charge on any atom is -0.358 e. The molecule has 1 aliphatic heterocycles. The van der Waals surface area contributed by atoms with E-state index in [4.69, 9.17) is 0 Å². The molecular formula is C10H17N3O. The van der Waals surface area contributed by atoms with Gasteiger partial charge in [0, 0.05) is 31.4 Å². The molecule has 0 bridgehead atoms. The highest BCUT2D eigenvalue weighted by Crippen LogP contribution is 2.00. The van der Waals surface area contributed by atoms with E-state index in [0.29, 0.717) is 12.6 Å². The van der Waals surface area contributed by atoms with Crippen LogP contribution in [0.2, 0.25) is 0 Å². The van der Waals surface area contributed by atoms with Crippen LogP contribution in [0.15, 0.2) is 17.3 Å². The molecule has 14 heavy (non-hydrogen) atoms. The maximum atomic E-state index is 11.0. The first-order valence-electron chi connectivity index (χ1n) is 4.97. The van der Waals surface area contributed by atoms with Crippen LogP contribution >= 0.6 is 0 Å². The number of carbonyl (C=O) groups is 1. The summed E-state index contributed by atoms with van der Waals surface area (Å²) in [6.07, 6.45) is 5.83. The van der Waals surface area contributed by atoms with Gasteiger partial charge in [0.05, 0.1) is 6.34 Å². The predicted octanol–water partition coefficient (Wildman–Crippen LogP) is 0.759. The number of nitrogens with zero attached hydrogens (tertiary/aromatic N) is 2. The zero-order valence-electron chi connectivity index (χ0n) is 8.73. The van der Waals surface area contributed by atoms with Crippen molar-refractivity contribution in [1.29, 1.82) is 0 Å². The van der Waals surface area contributed by atoms with E-state index in [1.54, 1.807) is 6.34 Å². The fourth-order valence-corrected chi connectivity index (χ4v) is 1.23. The molecule has 0 aliphatic carbocycles. The predicted molar refractivity (Wildman–Crippen MR) is 57.1 cm³/mol. The second-order valence-electron chi connectivity index (χ2n) is 3.37. The van der Waals surface area contributed by atoms with Crippen LogP contribution in [-0.4, -0.2) is 36.3 Å². The average molecular weight is 195 g/mol. The largest absolute Gasteiger partial charge is 0.358 e. The molecule has 1 heterocycles. The van der Waals surface area contributed by atoms with E-state index >= 15 is 0 Å². The van der Waals surface area contributed by atoms with Gasteiger partial charge in [-0.1, -0.05) is 6.92 Å². The van der Waals surface area contributed by atoms with Gasteiger partial charge in [-0.2, -0.15) is 0 Å². The summed E-state index contributed by atoms with van der Waals surface area (Å²) in [6, 6.07) is 0.460. The molecule has 78 valence electrons. The third-order valence-corrected chi connectivity index (χ3v) is 2.35. The van der Waals surface area contributed by atoms with Gasteiger partial charge in [0.1, 0.15) is 0 Å². The quantitative estimate of drug-likeness (QED) is 0.707. The minimum absolute atomic E-state index is 0.0758. The molecule has 0 fully saturated rings. The van der Waals surface area contributed by atoms with Crippen molar-refractivity contribution >= 4 is 12.2 Å². The Labute approximate surface area is 84.7 Å². The minimum atomic E-state index is -0.0758. The molecule has 0 aromatic carbocycles. The highest BCUT2D eigenvalue weighted by Gasteiger charge is 2.08. The number of carbonyl (C=O) groups excluding carboxylic acids is 1. The van der Waals surface area contributed by atoms with Crippen molar-refractivity contribution in [2.45, 2.75) is 26.3 Å². The molecule has 0 aromatic rings. The van der Waals surface area contributed by atoms with Crippen molar-refractivity contribution in [2.24, 2.45) is 4.99 Å². The van der Waals surface area contributed by atoms with E-state index in [1.165, 1.54) is 12.3 Å². The third kappa shape index (κ3) is 3.20. The molecule has 1 N–H and O–H groups in total. The second kappa shape index (κ2) is 5.42. The molecule has 0 spiro atoms. The van der Waals surface area contributed by atoms with Crippen molar-refractivity contribution < 1.29 is 4.79 Å². The maximum absolute atomic E-state index is 11.0. The van der Waals surface area contributed by atoms with Crippen molar-refractivity contribution in [3.8, 4) is 0 Å². The topological polar surface area (TPSA) is 44.7 Å². The number of aliphatic imine (C=N–C) groups is 1. The Balaban J connectivity index is 2.59. The first kappa shape index (κ1) is 10.8. The highest BCUT2D eigenvalue weighted by molar-refractivity contribution is 5.87. The van der Waals surface area contributed by atoms with Crippen LogP contribution in [0.5, 0.6) is 0 Å². The maximum Gasteiger partial charge on any atom is 0.245 e. The van der Waals surface area contributed by atoms with Gasteiger partial charge in [-0.15, -0.1) is 0 Å². The van der Waals surface area contributed by atoms with Gasteiger partial charge in [0.15, 0.2) is 0 Å². The molecule has 1 amide bonds. The first-order valence-corrected chi connectivity index (χ1v) is 4.97. The number of hydrogen-bond acceptors (Lipinski definition) is 3. The van der Waals surface area contributed by atoms with Gasteiger partial charge in [-0.05, 0) is 13.3 Å². The van der Waals surface area contributed by atoms with E-state index in [9.17, 15) is 4.79 Å². The fourth-order valence-electron chi connectivity index (χ4n) is 1.23. The van der Waals surface area contributed by atoms with Crippen LogP contribution in [0.25, 0.3) is 0 Å². The highest BCUT2D eigenvalue weighted by atomic mass is 16.1. The zero-order valence-corrected chi connectivity index (χ0v) is 8.73. The summed E-state index contributed by atoms with van der Waals surface area (Å²) in [5.74, 6) is -0.0758. The van der Waals surface area contributed by atoms with Crippen molar-refractivity contribution in [3.63, 3.8) is 0 Å². The monoisotopic (exact) mass is 195 g/mol. The lowest BCUT2D eigenvalue weighted by Gasteiger charge is -2.25. The summed E-state index contributed by atoms with van der Waals surface area (Å²) in [6.45, 7) is 5.76. The van der Waals surface area contributed by atoms with Gasteiger partial charge >= 0.3 is 0 Å². The van der Waals surface area contributed by atoms with Crippen molar-refractivity contribution in [2.75, 3.05) is 13.1 Å². The molecule has 1 rings (SSSR count). The van der Waals surface area contributed by atoms with Gasteiger partial charge in [-0.25, -0.2) is 4.99 Å². The summed E-state index contributed by atoms with van der Waals surface area (Å²) in [5, 5.41) is 2.79. The van der Waals surface area contributed by atoms with Gasteiger partial charge in [0.2, 0.25) is 5.91 Å². The Morgan fingerprint density at radius 3 is 3.21 bits per heavy atom. The number of amides is 1. The standard InChI is InChI=1S/C10H17N3O/c1-3-9(2)13-7-6-12-10(14)4-5-11-8-13/h4-5,8-9H,3,6-7H2,1-2H3,(H,12,14)/b5-4-,11-8?. The molecule has 0 radical (unpaired) electrons.